The van der Waals surface area contributed by atoms with E-state index in [4.69, 9.17) is 4.74 Å². The first-order valence-electron chi connectivity index (χ1n) is 5.55. The van der Waals surface area contributed by atoms with Gasteiger partial charge in [-0.3, -0.25) is 0 Å². The van der Waals surface area contributed by atoms with Gasteiger partial charge < -0.3 is 4.74 Å². The Morgan fingerprint density at radius 2 is 1.83 bits per heavy atom. The molecule has 1 aromatic heterocycles. The largest absolute Gasteiger partial charge is 0.486 e. The van der Waals surface area contributed by atoms with Crippen molar-refractivity contribution in [1.82, 2.24) is 9.97 Å². The molecule has 0 N–H and O–H groups in total. The van der Waals surface area contributed by atoms with E-state index < -0.39 is 5.83 Å². The molecule has 0 bridgehead atoms. The summed E-state index contributed by atoms with van der Waals surface area (Å²) in [5.74, 6) is 0.509. The van der Waals surface area contributed by atoms with Crippen LogP contribution in [0.15, 0.2) is 55.1 Å². The molecule has 0 amide bonds. The zero-order chi connectivity index (χ0) is 12.8. The number of halogens is 1. The lowest BCUT2D eigenvalue weighted by molar-refractivity contribution is 0.303. The van der Waals surface area contributed by atoms with Gasteiger partial charge in [0.2, 0.25) is 0 Å². The first-order valence-corrected chi connectivity index (χ1v) is 5.55. The Morgan fingerprint density at radius 3 is 2.44 bits per heavy atom. The average Bonchev–Trinajstić information content (AvgIpc) is 2.38. The molecule has 0 saturated carbocycles. The molecule has 0 fully saturated rings. The van der Waals surface area contributed by atoms with Crippen molar-refractivity contribution in [3.8, 4) is 5.75 Å². The smallest absolute Gasteiger partial charge is 0.156 e. The van der Waals surface area contributed by atoms with E-state index in [1.54, 1.807) is 0 Å². The van der Waals surface area contributed by atoms with Crippen LogP contribution in [0.5, 0.6) is 5.75 Å². The molecule has 92 valence electrons. The lowest BCUT2D eigenvalue weighted by Crippen LogP contribution is -1.99. The van der Waals surface area contributed by atoms with Crippen molar-refractivity contribution in [3.05, 3.63) is 66.5 Å². The van der Waals surface area contributed by atoms with Crippen LogP contribution in [-0.2, 0) is 13.0 Å². The summed E-state index contributed by atoms with van der Waals surface area (Å²) in [6, 6.07) is 9.80. The van der Waals surface area contributed by atoms with E-state index in [-0.39, 0.29) is 6.42 Å². The highest BCUT2D eigenvalue weighted by molar-refractivity contribution is 5.17. The number of aromatic nitrogens is 2. The second kappa shape index (κ2) is 5.91. The molecule has 0 unspecified atom stereocenters. The second-order valence-corrected chi connectivity index (χ2v) is 3.80. The second-order valence-electron chi connectivity index (χ2n) is 3.80. The molecule has 1 aromatic carbocycles. The van der Waals surface area contributed by atoms with Gasteiger partial charge in [0.15, 0.2) is 5.75 Å². The van der Waals surface area contributed by atoms with Gasteiger partial charge in [0, 0.05) is 0 Å². The van der Waals surface area contributed by atoms with Gasteiger partial charge >= 0.3 is 0 Å². The maximum atomic E-state index is 12.6. The first-order chi connectivity index (χ1) is 8.74. The number of hydrogen-bond acceptors (Lipinski definition) is 3. The minimum absolute atomic E-state index is 0.0406. The molecule has 0 aliphatic carbocycles. The fraction of sp³-hybridized carbons (Fsp3) is 0.143. The molecule has 2 aromatic rings. The highest BCUT2D eigenvalue weighted by Gasteiger charge is 2.01. The fourth-order valence-electron chi connectivity index (χ4n) is 1.42. The maximum absolute atomic E-state index is 12.6. The van der Waals surface area contributed by atoms with Crippen LogP contribution in [0.3, 0.4) is 0 Å². The van der Waals surface area contributed by atoms with Crippen LogP contribution in [0.1, 0.15) is 11.4 Å². The van der Waals surface area contributed by atoms with Crippen LogP contribution in [0.2, 0.25) is 0 Å². The molecule has 0 aliphatic heterocycles. The molecule has 0 atom stereocenters. The van der Waals surface area contributed by atoms with Gasteiger partial charge in [-0.1, -0.05) is 36.9 Å². The van der Waals surface area contributed by atoms with Crippen molar-refractivity contribution < 1.29 is 9.13 Å². The topological polar surface area (TPSA) is 35.0 Å². The highest BCUT2D eigenvalue weighted by Crippen LogP contribution is 2.11. The van der Waals surface area contributed by atoms with Crippen molar-refractivity contribution in [2.75, 3.05) is 0 Å². The number of nitrogens with zero attached hydrogens (tertiary/aromatic N) is 2. The highest BCUT2D eigenvalue weighted by atomic mass is 19.1. The molecule has 4 heteroatoms. The molecule has 0 radical (unpaired) electrons. The molecule has 0 spiro atoms. The number of benzene rings is 1. The van der Waals surface area contributed by atoms with Crippen molar-refractivity contribution >= 4 is 0 Å². The van der Waals surface area contributed by atoms with E-state index in [9.17, 15) is 4.39 Å². The third-order valence-corrected chi connectivity index (χ3v) is 2.28. The summed E-state index contributed by atoms with van der Waals surface area (Å²) in [7, 11) is 0. The first kappa shape index (κ1) is 12.2. The molecule has 18 heavy (non-hydrogen) atoms. The average molecular weight is 244 g/mol. The van der Waals surface area contributed by atoms with E-state index >= 15 is 0 Å². The third-order valence-electron chi connectivity index (χ3n) is 2.28. The monoisotopic (exact) mass is 244 g/mol. The van der Waals surface area contributed by atoms with Gasteiger partial charge in [-0.25, -0.2) is 14.4 Å². The number of allylic oxidation sites excluding steroid dienone is 1. The van der Waals surface area contributed by atoms with Crippen LogP contribution in [0.25, 0.3) is 0 Å². The van der Waals surface area contributed by atoms with E-state index in [0.717, 1.165) is 5.56 Å². The van der Waals surface area contributed by atoms with Gasteiger partial charge in [0.25, 0.3) is 0 Å². The van der Waals surface area contributed by atoms with E-state index in [0.29, 0.717) is 18.2 Å². The minimum atomic E-state index is -0.451. The summed E-state index contributed by atoms with van der Waals surface area (Å²) in [5.41, 5.74) is 1.07. The molecule has 2 rings (SSSR count). The quantitative estimate of drug-likeness (QED) is 0.810. The van der Waals surface area contributed by atoms with Crippen molar-refractivity contribution in [2.45, 2.75) is 13.0 Å². The van der Waals surface area contributed by atoms with Crippen molar-refractivity contribution in [1.29, 1.82) is 0 Å². The van der Waals surface area contributed by atoms with Crippen molar-refractivity contribution in [3.63, 3.8) is 0 Å². The van der Waals surface area contributed by atoms with E-state index in [2.05, 4.69) is 16.5 Å². The predicted octanol–water partition coefficient (Wildman–Crippen LogP) is 3.08. The summed E-state index contributed by atoms with van der Waals surface area (Å²) < 4.78 is 18.1. The van der Waals surface area contributed by atoms with Gasteiger partial charge in [-0.15, -0.1) is 0 Å². The fourth-order valence-corrected chi connectivity index (χ4v) is 1.42. The molecular formula is C14H13FN2O. The summed E-state index contributed by atoms with van der Waals surface area (Å²) in [6.45, 7) is 3.63. The Kier molecular flexibility index (Phi) is 4.02. The number of rotatable bonds is 5. The number of ether oxygens (including phenoxy) is 1. The molecule has 0 saturated heterocycles. The third kappa shape index (κ3) is 3.66. The van der Waals surface area contributed by atoms with E-state index in [1.165, 1.54) is 12.4 Å². The summed E-state index contributed by atoms with van der Waals surface area (Å²) in [5, 5.41) is 0. The lowest BCUT2D eigenvalue weighted by atomic mass is 10.2. The zero-order valence-electron chi connectivity index (χ0n) is 9.84. The molecule has 1 heterocycles. The summed E-state index contributed by atoms with van der Waals surface area (Å²) >= 11 is 0. The predicted molar refractivity (Wildman–Crippen MR) is 66.8 cm³/mol. The Balaban J connectivity index is 1.92. The Labute approximate surface area is 105 Å². The lowest BCUT2D eigenvalue weighted by Gasteiger charge is -2.05. The number of hydrogen-bond donors (Lipinski definition) is 0. The van der Waals surface area contributed by atoms with Gasteiger partial charge in [-0.05, 0) is 5.56 Å². The maximum Gasteiger partial charge on any atom is 0.156 e. The van der Waals surface area contributed by atoms with Crippen molar-refractivity contribution in [2.24, 2.45) is 0 Å². The molecule has 0 aliphatic rings. The van der Waals surface area contributed by atoms with Crippen LogP contribution in [-0.4, -0.2) is 9.97 Å². The SMILES string of the molecule is C=C(F)Cc1ncc(OCc2ccccc2)cn1. The Morgan fingerprint density at radius 1 is 1.17 bits per heavy atom. The Bertz CT molecular complexity index is 511. The van der Waals surface area contributed by atoms with Crippen LogP contribution >= 0.6 is 0 Å². The summed E-state index contributed by atoms with van der Waals surface area (Å²) in [6.07, 6.45) is 3.11. The molecular weight excluding hydrogens is 231 g/mol. The minimum Gasteiger partial charge on any atom is -0.486 e. The zero-order valence-corrected chi connectivity index (χ0v) is 9.84. The van der Waals surface area contributed by atoms with Gasteiger partial charge in [0.1, 0.15) is 18.3 Å². The summed E-state index contributed by atoms with van der Waals surface area (Å²) in [4.78, 5) is 7.99. The van der Waals surface area contributed by atoms with Crippen LogP contribution in [0.4, 0.5) is 4.39 Å². The van der Waals surface area contributed by atoms with Crippen LogP contribution < -0.4 is 4.74 Å². The standard InChI is InChI=1S/C14H13FN2O/c1-11(15)7-14-16-8-13(9-17-14)18-10-12-5-3-2-4-6-12/h2-6,8-9H,1,7,10H2. The molecule has 3 nitrogen and oxygen atoms in total. The van der Waals surface area contributed by atoms with Gasteiger partial charge in [-0.2, -0.15) is 0 Å². The Hall–Kier alpha value is -2.23. The van der Waals surface area contributed by atoms with Crippen LogP contribution in [0, 0.1) is 0 Å². The normalized spacial score (nSPS) is 10.1. The van der Waals surface area contributed by atoms with Gasteiger partial charge in [0.05, 0.1) is 18.8 Å². The van der Waals surface area contributed by atoms with E-state index in [1.807, 2.05) is 30.3 Å².